The first-order valence-corrected chi connectivity index (χ1v) is 6.46. The van der Waals surface area contributed by atoms with E-state index in [4.69, 9.17) is 4.74 Å². The van der Waals surface area contributed by atoms with Gasteiger partial charge in [-0.05, 0) is 31.2 Å². The van der Waals surface area contributed by atoms with Crippen LogP contribution in [0.5, 0.6) is 5.75 Å². The summed E-state index contributed by atoms with van der Waals surface area (Å²) in [5.41, 5.74) is 0. The fourth-order valence-electron chi connectivity index (χ4n) is 1.47. The van der Waals surface area contributed by atoms with E-state index in [1.807, 2.05) is 6.07 Å². The maximum Gasteiger partial charge on any atom is 0.130 e. The lowest BCUT2D eigenvalue weighted by atomic mass is 10.1. The molecule has 0 amide bonds. The standard InChI is InChI=1S/C12H20OS/c1-3-4-5-6-7-11(2)13-12-8-9-14-10-12/h8-11H,3-7H2,1-2H3/t11-/m1/s1. The summed E-state index contributed by atoms with van der Waals surface area (Å²) in [6.07, 6.45) is 6.83. The second-order valence-electron chi connectivity index (χ2n) is 3.74. The highest BCUT2D eigenvalue weighted by molar-refractivity contribution is 7.08. The van der Waals surface area contributed by atoms with Crippen molar-refractivity contribution < 1.29 is 4.74 Å². The lowest BCUT2D eigenvalue weighted by Crippen LogP contribution is -2.10. The molecule has 1 rings (SSSR count). The van der Waals surface area contributed by atoms with E-state index in [1.165, 1.54) is 32.1 Å². The second kappa shape index (κ2) is 6.88. The predicted octanol–water partition coefficient (Wildman–Crippen LogP) is 4.49. The van der Waals surface area contributed by atoms with E-state index >= 15 is 0 Å². The summed E-state index contributed by atoms with van der Waals surface area (Å²) in [7, 11) is 0. The molecule has 0 aliphatic carbocycles. The molecule has 0 aliphatic heterocycles. The smallest absolute Gasteiger partial charge is 0.130 e. The Morgan fingerprint density at radius 1 is 1.36 bits per heavy atom. The maximum atomic E-state index is 5.74. The second-order valence-corrected chi connectivity index (χ2v) is 4.52. The van der Waals surface area contributed by atoms with Crippen LogP contribution in [0, 0.1) is 0 Å². The van der Waals surface area contributed by atoms with Gasteiger partial charge in [-0.3, -0.25) is 0 Å². The molecular weight excluding hydrogens is 192 g/mol. The van der Waals surface area contributed by atoms with Gasteiger partial charge in [-0.1, -0.05) is 26.2 Å². The number of rotatable bonds is 7. The third-order valence-electron chi connectivity index (χ3n) is 2.30. The summed E-state index contributed by atoms with van der Waals surface area (Å²) < 4.78 is 5.74. The average molecular weight is 212 g/mol. The third kappa shape index (κ3) is 4.66. The Kier molecular flexibility index (Phi) is 5.69. The summed E-state index contributed by atoms with van der Waals surface area (Å²) in [6.45, 7) is 4.40. The summed E-state index contributed by atoms with van der Waals surface area (Å²) >= 11 is 1.69. The van der Waals surface area contributed by atoms with E-state index in [9.17, 15) is 0 Å². The molecule has 1 nitrogen and oxygen atoms in total. The highest BCUT2D eigenvalue weighted by Crippen LogP contribution is 2.18. The van der Waals surface area contributed by atoms with E-state index in [0.717, 1.165) is 5.75 Å². The zero-order valence-corrected chi connectivity index (χ0v) is 9.98. The van der Waals surface area contributed by atoms with Crippen molar-refractivity contribution in [3.05, 3.63) is 16.8 Å². The molecule has 2 heteroatoms. The van der Waals surface area contributed by atoms with Crippen molar-refractivity contribution in [2.45, 2.75) is 52.1 Å². The molecule has 1 atom stereocenters. The Morgan fingerprint density at radius 2 is 2.21 bits per heavy atom. The Morgan fingerprint density at radius 3 is 2.86 bits per heavy atom. The molecule has 0 N–H and O–H groups in total. The topological polar surface area (TPSA) is 9.23 Å². The quantitative estimate of drug-likeness (QED) is 0.605. The van der Waals surface area contributed by atoms with Gasteiger partial charge in [-0.2, -0.15) is 0 Å². The summed E-state index contributed by atoms with van der Waals surface area (Å²) in [5, 5.41) is 4.11. The molecule has 0 radical (unpaired) electrons. The van der Waals surface area contributed by atoms with Crippen molar-refractivity contribution in [2.24, 2.45) is 0 Å². The fraction of sp³-hybridized carbons (Fsp3) is 0.667. The molecule has 1 aromatic heterocycles. The number of hydrogen-bond donors (Lipinski definition) is 0. The molecule has 0 fully saturated rings. The summed E-state index contributed by atoms with van der Waals surface area (Å²) in [5.74, 6) is 1.03. The Labute approximate surface area is 91.1 Å². The van der Waals surface area contributed by atoms with Crippen molar-refractivity contribution in [1.29, 1.82) is 0 Å². The minimum atomic E-state index is 0.362. The molecule has 80 valence electrons. The van der Waals surface area contributed by atoms with E-state index in [2.05, 4.69) is 24.6 Å². The molecule has 0 aromatic carbocycles. The maximum absolute atomic E-state index is 5.74. The van der Waals surface area contributed by atoms with Crippen LogP contribution in [0.1, 0.15) is 46.0 Å². The van der Waals surface area contributed by atoms with Crippen LogP contribution in [0.25, 0.3) is 0 Å². The molecule has 0 unspecified atom stereocenters. The molecule has 1 aromatic rings. The van der Waals surface area contributed by atoms with Gasteiger partial charge in [0.05, 0.1) is 6.10 Å². The van der Waals surface area contributed by atoms with Crippen LogP contribution in [0.3, 0.4) is 0 Å². The van der Waals surface area contributed by atoms with Crippen LogP contribution in [0.2, 0.25) is 0 Å². The van der Waals surface area contributed by atoms with Gasteiger partial charge >= 0.3 is 0 Å². The Hall–Kier alpha value is -0.500. The summed E-state index contributed by atoms with van der Waals surface area (Å²) in [6, 6.07) is 2.03. The Bertz CT molecular complexity index is 218. The minimum Gasteiger partial charge on any atom is -0.490 e. The van der Waals surface area contributed by atoms with Crippen LogP contribution in [-0.2, 0) is 0 Å². The lowest BCUT2D eigenvalue weighted by Gasteiger charge is -2.12. The van der Waals surface area contributed by atoms with Gasteiger partial charge in [0.2, 0.25) is 0 Å². The van der Waals surface area contributed by atoms with E-state index in [1.54, 1.807) is 11.3 Å². The lowest BCUT2D eigenvalue weighted by molar-refractivity contribution is 0.207. The highest BCUT2D eigenvalue weighted by atomic mass is 32.1. The van der Waals surface area contributed by atoms with Crippen molar-refractivity contribution in [2.75, 3.05) is 0 Å². The SMILES string of the molecule is CCCCCC[C@@H](C)Oc1ccsc1. The van der Waals surface area contributed by atoms with Crippen LogP contribution in [0.4, 0.5) is 0 Å². The van der Waals surface area contributed by atoms with Gasteiger partial charge in [-0.25, -0.2) is 0 Å². The zero-order chi connectivity index (χ0) is 10.2. The number of ether oxygens (including phenoxy) is 1. The largest absolute Gasteiger partial charge is 0.490 e. The molecule has 0 spiro atoms. The van der Waals surface area contributed by atoms with Gasteiger partial charge in [0.1, 0.15) is 5.75 Å². The molecule has 0 saturated heterocycles. The van der Waals surface area contributed by atoms with Crippen molar-refractivity contribution >= 4 is 11.3 Å². The van der Waals surface area contributed by atoms with Gasteiger partial charge < -0.3 is 4.74 Å². The molecule has 0 saturated carbocycles. The van der Waals surface area contributed by atoms with Gasteiger partial charge in [-0.15, -0.1) is 11.3 Å². The van der Waals surface area contributed by atoms with Crippen molar-refractivity contribution in [3.8, 4) is 5.75 Å². The van der Waals surface area contributed by atoms with E-state index < -0.39 is 0 Å². The van der Waals surface area contributed by atoms with Gasteiger partial charge in [0.25, 0.3) is 0 Å². The molecule has 1 heterocycles. The van der Waals surface area contributed by atoms with Crippen LogP contribution < -0.4 is 4.74 Å². The zero-order valence-electron chi connectivity index (χ0n) is 9.16. The van der Waals surface area contributed by atoms with Crippen LogP contribution >= 0.6 is 11.3 Å². The van der Waals surface area contributed by atoms with E-state index in [0.29, 0.717) is 6.10 Å². The average Bonchev–Trinajstić information content (AvgIpc) is 2.65. The highest BCUT2D eigenvalue weighted by Gasteiger charge is 2.03. The molecular formula is C12H20OS. The Balaban J connectivity index is 2.07. The van der Waals surface area contributed by atoms with Crippen molar-refractivity contribution in [1.82, 2.24) is 0 Å². The summed E-state index contributed by atoms with van der Waals surface area (Å²) in [4.78, 5) is 0. The predicted molar refractivity (Wildman–Crippen MR) is 63.2 cm³/mol. The molecule has 0 aliphatic rings. The molecule has 0 bridgehead atoms. The first kappa shape index (κ1) is 11.6. The van der Waals surface area contributed by atoms with Gasteiger partial charge in [0.15, 0.2) is 0 Å². The normalized spacial score (nSPS) is 12.7. The fourth-order valence-corrected chi connectivity index (χ4v) is 2.03. The van der Waals surface area contributed by atoms with E-state index in [-0.39, 0.29) is 0 Å². The monoisotopic (exact) mass is 212 g/mol. The van der Waals surface area contributed by atoms with Crippen LogP contribution in [-0.4, -0.2) is 6.10 Å². The number of hydrogen-bond acceptors (Lipinski definition) is 2. The minimum absolute atomic E-state index is 0.362. The van der Waals surface area contributed by atoms with Crippen LogP contribution in [0.15, 0.2) is 16.8 Å². The number of unbranched alkanes of at least 4 members (excludes halogenated alkanes) is 3. The van der Waals surface area contributed by atoms with Crippen molar-refractivity contribution in [3.63, 3.8) is 0 Å². The molecule has 14 heavy (non-hydrogen) atoms. The van der Waals surface area contributed by atoms with Gasteiger partial charge in [0, 0.05) is 5.38 Å². The first-order chi connectivity index (χ1) is 6.83. The third-order valence-corrected chi connectivity index (χ3v) is 2.96. The number of thiophene rings is 1. The first-order valence-electron chi connectivity index (χ1n) is 5.51.